The Morgan fingerprint density at radius 1 is 1.32 bits per heavy atom. The molecular formula is C11H10Cl2N4O2. The molecule has 0 aliphatic rings. The van der Waals surface area contributed by atoms with E-state index in [0.717, 1.165) is 4.68 Å². The molecule has 0 aliphatic heterocycles. The summed E-state index contributed by atoms with van der Waals surface area (Å²) in [5.41, 5.74) is 1.55. The van der Waals surface area contributed by atoms with Crippen molar-refractivity contribution in [1.29, 1.82) is 0 Å². The summed E-state index contributed by atoms with van der Waals surface area (Å²) < 4.78 is 1.14. The number of nitro groups is 1. The van der Waals surface area contributed by atoms with E-state index in [1.54, 1.807) is 26.8 Å². The molecule has 2 rings (SSSR count). The summed E-state index contributed by atoms with van der Waals surface area (Å²) in [6.07, 6.45) is 0. The van der Waals surface area contributed by atoms with Crippen LogP contribution < -0.4 is 0 Å². The van der Waals surface area contributed by atoms with Crippen LogP contribution in [0.15, 0.2) is 6.07 Å². The highest BCUT2D eigenvalue weighted by molar-refractivity contribution is 6.31. The average molecular weight is 301 g/mol. The molecule has 19 heavy (non-hydrogen) atoms. The fraction of sp³-hybridized carbons (Fsp3) is 0.273. The Balaban J connectivity index is 2.76. The molecule has 6 nitrogen and oxygen atoms in total. The number of hydrogen-bond acceptors (Lipinski definition) is 4. The predicted octanol–water partition coefficient (Wildman–Crippen LogP) is 3.41. The lowest BCUT2D eigenvalue weighted by Gasteiger charge is -2.04. The number of aryl methyl sites for hydroxylation is 2. The van der Waals surface area contributed by atoms with Gasteiger partial charge in [0.2, 0.25) is 0 Å². The van der Waals surface area contributed by atoms with Gasteiger partial charge in [-0.15, -0.1) is 0 Å². The summed E-state index contributed by atoms with van der Waals surface area (Å²) in [7, 11) is 0. The molecule has 2 heterocycles. The van der Waals surface area contributed by atoms with Crippen molar-refractivity contribution in [2.24, 2.45) is 0 Å². The summed E-state index contributed by atoms with van der Waals surface area (Å²) in [6, 6.07) is 1.69. The van der Waals surface area contributed by atoms with E-state index in [0.29, 0.717) is 27.7 Å². The molecule has 0 saturated heterocycles. The molecule has 2 aromatic rings. The van der Waals surface area contributed by atoms with E-state index in [2.05, 4.69) is 10.1 Å². The molecule has 0 aliphatic carbocycles. The zero-order valence-corrected chi connectivity index (χ0v) is 12.0. The van der Waals surface area contributed by atoms with Crippen LogP contribution in [0.1, 0.15) is 16.8 Å². The van der Waals surface area contributed by atoms with Crippen LogP contribution in [-0.2, 0) is 0 Å². The average Bonchev–Trinajstić information content (AvgIpc) is 2.60. The zero-order valence-electron chi connectivity index (χ0n) is 10.4. The maximum Gasteiger partial charge on any atom is 0.356 e. The highest BCUT2D eigenvalue weighted by Crippen LogP contribution is 2.29. The first-order valence-corrected chi connectivity index (χ1v) is 6.12. The van der Waals surface area contributed by atoms with Gasteiger partial charge in [0.05, 0.1) is 16.3 Å². The van der Waals surface area contributed by atoms with Crippen molar-refractivity contribution < 1.29 is 4.92 Å². The lowest BCUT2D eigenvalue weighted by atomic mass is 10.2. The fourth-order valence-electron chi connectivity index (χ4n) is 1.70. The number of pyridine rings is 1. The first-order chi connectivity index (χ1) is 8.82. The predicted molar refractivity (Wildman–Crippen MR) is 72.2 cm³/mol. The maximum absolute atomic E-state index is 11.1. The second-order valence-electron chi connectivity index (χ2n) is 4.10. The molecular weight excluding hydrogens is 291 g/mol. The van der Waals surface area contributed by atoms with Gasteiger partial charge in [0.25, 0.3) is 5.82 Å². The van der Waals surface area contributed by atoms with Crippen molar-refractivity contribution in [3.63, 3.8) is 0 Å². The highest BCUT2D eigenvalue weighted by atomic mass is 35.5. The minimum Gasteiger partial charge on any atom is -0.358 e. The number of aromatic nitrogens is 3. The lowest BCUT2D eigenvalue weighted by Crippen LogP contribution is -2.07. The third-order valence-corrected chi connectivity index (χ3v) is 3.46. The van der Waals surface area contributed by atoms with E-state index in [9.17, 15) is 10.1 Å². The Kier molecular flexibility index (Phi) is 3.47. The smallest absolute Gasteiger partial charge is 0.356 e. The molecule has 0 fully saturated rings. The van der Waals surface area contributed by atoms with Gasteiger partial charge in [-0.05, 0) is 31.8 Å². The number of rotatable bonds is 2. The van der Waals surface area contributed by atoms with Crippen LogP contribution in [0.3, 0.4) is 0 Å². The summed E-state index contributed by atoms with van der Waals surface area (Å²) in [6.45, 7) is 5.01. The van der Waals surface area contributed by atoms with Crippen LogP contribution in [0.4, 0.5) is 5.82 Å². The summed E-state index contributed by atoms with van der Waals surface area (Å²) in [5.74, 6) is 0.158. The molecule has 0 N–H and O–H groups in total. The van der Waals surface area contributed by atoms with Crippen LogP contribution in [0.5, 0.6) is 0 Å². The van der Waals surface area contributed by atoms with Gasteiger partial charge in [0.1, 0.15) is 0 Å². The molecule has 0 bridgehead atoms. The SMILES string of the molecule is Cc1cc(Cl)c(C)nc1-n1nc(Cl)c(C)c1[N+](=O)[O-]. The maximum atomic E-state index is 11.1. The second kappa shape index (κ2) is 4.79. The van der Waals surface area contributed by atoms with E-state index in [-0.39, 0.29) is 11.0 Å². The largest absolute Gasteiger partial charge is 0.358 e. The van der Waals surface area contributed by atoms with E-state index in [1.165, 1.54) is 0 Å². The highest BCUT2D eigenvalue weighted by Gasteiger charge is 2.27. The molecule has 0 spiro atoms. The van der Waals surface area contributed by atoms with E-state index in [4.69, 9.17) is 23.2 Å². The van der Waals surface area contributed by atoms with Gasteiger partial charge in [-0.1, -0.05) is 33.0 Å². The van der Waals surface area contributed by atoms with Crippen LogP contribution in [0, 0.1) is 30.9 Å². The van der Waals surface area contributed by atoms with Crippen LogP contribution >= 0.6 is 23.2 Å². The van der Waals surface area contributed by atoms with Crippen molar-refractivity contribution in [1.82, 2.24) is 14.8 Å². The zero-order chi connectivity index (χ0) is 14.3. The van der Waals surface area contributed by atoms with Crippen molar-refractivity contribution in [3.05, 3.63) is 43.2 Å². The monoisotopic (exact) mass is 300 g/mol. The van der Waals surface area contributed by atoms with E-state index >= 15 is 0 Å². The van der Waals surface area contributed by atoms with Gasteiger partial charge in [0.15, 0.2) is 5.15 Å². The number of hydrogen-bond donors (Lipinski definition) is 0. The van der Waals surface area contributed by atoms with Crippen molar-refractivity contribution in [2.45, 2.75) is 20.8 Å². The van der Waals surface area contributed by atoms with Gasteiger partial charge >= 0.3 is 5.82 Å². The van der Waals surface area contributed by atoms with Crippen molar-refractivity contribution >= 4 is 29.0 Å². The van der Waals surface area contributed by atoms with Crippen LogP contribution in [-0.4, -0.2) is 19.7 Å². The minimum atomic E-state index is -0.528. The molecule has 8 heteroatoms. The standard InChI is InChI=1S/C11H10Cl2N4O2/c1-5-4-8(12)7(3)14-10(5)16-11(17(18)19)6(2)9(13)15-16/h4H,1-3H3. The third kappa shape index (κ3) is 2.29. The molecule has 0 unspecified atom stereocenters. The second-order valence-corrected chi connectivity index (χ2v) is 4.87. The van der Waals surface area contributed by atoms with Gasteiger partial charge in [-0.3, -0.25) is 0 Å². The topological polar surface area (TPSA) is 73.8 Å². The van der Waals surface area contributed by atoms with Crippen molar-refractivity contribution in [3.8, 4) is 5.82 Å². The third-order valence-electron chi connectivity index (χ3n) is 2.72. The fourth-order valence-corrected chi connectivity index (χ4v) is 2.06. The molecule has 0 amide bonds. The summed E-state index contributed by atoms with van der Waals surface area (Å²) in [4.78, 5) is 14.8. The Morgan fingerprint density at radius 3 is 2.53 bits per heavy atom. The quantitative estimate of drug-likeness (QED) is 0.629. The minimum absolute atomic E-state index is 0.0838. The van der Waals surface area contributed by atoms with E-state index in [1.807, 2.05) is 0 Å². The van der Waals surface area contributed by atoms with Crippen LogP contribution in [0.25, 0.3) is 5.82 Å². The Bertz CT molecular complexity index is 682. The lowest BCUT2D eigenvalue weighted by molar-refractivity contribution is -0.392. The number of halogens is 2. The molecule has 0 aromatic carbocycles. The number of nitrogens with zero attached hydrogens (tertiary/aromatic N) is 4. The normalized spacial score (nSPS) is 10.8. The van der Waals surface area contributed by atoms with Gasteiger partial charge in [-0.2, -0.15) is 0 Å². The Morgan fingerprint density at radius 2 is 1.95 bits per heavy atom. The summed E-state index contributed by atoms with van der Waals surface area (Å²) >= 11 is 11.8. The Labute approximate surface area is 119 Å². The van der Waals surface area contributed by atoms with Gasteiger partial charge in [0, 0.05) is 5.56 Å². The molecule has 0 saturated carbocycles. The molecule has 100 valence electrons. The Hall–Kier alpha value is -1.66. The van der Waals surface area contributed by atoms with Gasteiger partial charge in [-0.25, -0.2) is 4.98 Å². The molecule has 2 aromatic heterocycles. The molecule has 0 atom stereocenters. The first kappa shape index (κ1) is 13.8. The van der Waals surface area contributed by atoms with Gasteiger partial charge < -0.3 is 10.1 Å². The first-order valence-electron chi connectivity index (χ1n) is 5.36. The van der Waals surface area contributed by atoms with Crippen LogP contribution in [0.2, 0.25) is 10.2 Å². The van der Waals surface area contributed by atoms with Crippen molar-refractivity contribution in [2.75, 3.05) is 0 Å². The van der Waals surface area contributed by atoms with E-state index < -0.39 is 4.92 Å². The molecule has 0 radical (unpaired) electrons. The summed E-state index contributed by atoms with van der Waals surface area (Å²) in [5, 5.41) is 15.7.